The van der Waals surface area contributed by atoms with Crippen LogP contribution in [0, 0.1) is 0 Å². The van der Waals surface area contributed by atoms with Crippen molar-refractivity contribution >= 4 is 11.8 Å². The maximum Gasteiger partial charge on any atom is 0.171 e. The molecule has 1 aromatic heterocycles. The molecule has 2 N–H and O–H groups in total. The molecule has 18 heavy (non-hydrogen) atoms. The zero-order valence-electron chi connectivity index (χ0n) is 10.5. The van der Waals surface area contributed by atoms with Crippen LogP contribution in [0.5, 0.6) is 5.75 Å². The minimum atomic E-state index is -0.264. The van der Waals surface area contributed by atoms with Crippen LogP contribution in [-0.2, 0) is 0 Å². The molecule has 0 fully saturated rings. The van der Waals surface area contributed by atoms with E-state index in [1.807, 2.05) is 49.6 Å². The van der Waals surface area contributed by atoms with Gasteiger partial charge in [-0.15, -0.1) is 11.8 Å². The first-order valence-electron chi connectivity index (χ1n) is 5.80. The maximum atomic E-state index is 5.94. The van der Waals surface area contributed by atoms with Gasteiger partial charge in [0.15, 0.2) is 6.10 Å². The van der Waals surface area contributed by atoms with Crippen LogP contribution in [0.25, 0.3) is 0 Å². The van der Waals surface area contributed by atoms with E-state index in [1.165, 1.54) is 4.90 Å². The van der Waals surface area contributed by atoms with Crippen LogP contribution in [0.1, 0.15) is 18.8 Å². The summed E-state index contributed by atoms with van der Waals surface area (Å²) in [5.41, 5.74) is 5.94. The van der Waals surface area contributed by atoms with Gasteiger partial charge < -0.3 is 14.9 Å². The highest BCUT2D eigenvalue weighted by molar-refractivity contribution is 7.98. The van der Waals surface area contributed by atoms with Gasteiger partial charge in [0.25, 0.3) is 0 Å². The van der Waals surface area contributed by atoms with Crippen molar-refractivity contribution in [1.82, 2.24) is 0 Å². The molecule has 0 aliphatic rings. The molecule has 0 aliphatic heterocycles. The Bertz CT molecular complexity index is 465. The Morgan fingerprint density at radius 3 is 2.44 bits per heavy atom. The molecular weight excluding hydrogens is 246 g/mol. The second-order valence-corrected chi connectivity index (χ2v) is 4.97. The second-order valence-electron chi connectivity index (χ2n) is 4.09. The van der Waals surface area contributed by atoms with E-state index in [-0.39, 0.29) is 12.1 Å². The second kappa shape index (κ2) is 5.98. The van der Waals surface area contributed by atoms with Crippen molar-refractivity contribution in [3.8, 4) is 5.75 Å². The van der Waals surface area contributed by atoms with Crippen LogP contribution in [0.3, 0.4) is 0 Å². The summed E-state index contributed by atoms with van der Waals surface area (Å²) in [5.74, 6) is 1.55. The Labute approximate surface area is 111 Å². The van der Waals surface area contributed by atoms with Gasteiger partial charge in [-0.1, -0.05) is 0 Å². The minimum absolute atomic E-state index is 0.142. The number of ether oxygens (including phenoxy) is 1. The van der Waals surface area contributed by atoms with Gasteiger partial charge in [-0.2, -0.15) is 0 Å². The van der Waals surface area contributed by atoms with E-state index < -0.39 is 0 Å². The van der Waals surface area contributed by atoms with Crippen LogP contribution >= 0.6 is 11.8 Å². The fourth-order valence-electron chi connectivity index (χ4n) is 1.68. The van der Waals surface area contributed by atoms with Crippen LogP contribution < -0.4 is 10.5 Å². The molecule has 2 atom stereocenters. The number of hydrogen-bond acceptors (Lipinski definition) is 4. The molecule has 1 aromatic carbocycles. The van der Waals surface area contributed by atoms with Gasteiger partial charge >= 0.3 is 0 Å². The molecule has 0 radical (unpaired) electrons. The van der Waals surface area contributed by atoms with Crippen molar-refractivity contribution in [2.75, 3.05) is 6.26 Å². The Hall–Kier alpha value is -1.39. The highest BCUT2D eigenvalue weighted by atomic mass is 32.2. The van der Waals surface area contributed by atoms with Crippen molar-refractivity contribution in [2.24, 2.45) is 5.73 Å². The minimum Gasteiger partial charge on any atom is -0.481 e. The molecule has 0 aliphatic carbocycles. The molecule has 4 heteroatoms. The van der Waals surface area contributed by atoms with Gasteiger partial charge in [-0.25, -0.2) is 0 Å². The summed E-state index contributed by atoms with van der Waals surface area (Å²) >= 11 is 1.70. The third kappa shape index (κ3) is 3.09. The number of benzene rings is 1. The van der Waals surface area contributed by atoms with Gasteiger partial charge in [0.05, 0.1) is 6.26 Å². The molecule has 2 rings (SSSR count). The number of thioether (sulfide) groups is 1. The summed E-state index contributed by atoms with van der Waals surface area (Å²) in [5, 5.41) is 0. The molecule has 0 bridgehead atoms. The molecule has 2 unspecified atom stereocenters. The number of nitrogens with two attached hydrogens (primary N) is 1. The Morgan fingerprint density at radius 2 is 1.94 bits per heavy atom. The first-order valence-corrected chi connectivity index (χ1v) is 7.03. The lowest BCUT2D eigenvalue weighted by Crippen LogP contribution is -2.28. The normalized spacial score (nSPS) is 14.2. The summed E-state index contributed by atoms with van der Waals surface area (Å²) in [7, 11) is 0. The monoisotopic (exact) mass is 263 g/mol. The van der Waals surface area contributed by atoms with Gasteiger partial charge in [-0.05, 0) is 49.6 Å². The van der Waals surface area contributed by atoms with E-state index in [1.54, 1.807) is 18.0 Å². The van der Waals surface area contributed by atoms with Crippen LogP contribution in [0.15, 0.2) is 52.0 Å². The molecule has 0 saturated carbocycles. The van der Waals surface area contributed by atoms with E-state index in [9.17, 15) is 0 Å². The molecule has 2 aromatic rings. The first-order chi connectivity index (χ1) is 8.70. The molecule has 0 amide bonds. The Morgan fingerprint density at radius 1 is 1.22 bits per heavy atom. The molecule has 0 saturated heterocycles. The number of furan rings is 1. The van der Waals surface area contributed by atoms with Crippen molar-refractivity contribution < 1.29 is 9.15 Å². The van der Waals surface area contributed by atoms with E-state index in [0.717, 1.165) is 11.5 Å². The van der Waals surface area contributed by atoms with Crippen LogP contribution in [-0.4, -0.2) is 12.3 Å². The standard InChI is InChI=1S/C14H17NO2S/c1-10(15)14(13-4-3-9-16-13)17-11-5-7-12(18-2)8-6-11/h3-10,14H,15H2,1-2H3. The number of hydrogen-bond donors (Lipinski definition) is 1. The highest BCUT2D eigenvalue weighted by Crippen LogP contribution is 2.26. The number of rotatable bonds is 5. The van der Waals surface area contributed by atoms with Crippen molar-refractivity contribution in [3.63, 3.8) is 0 Å². The summed E-state index contributed by atoms with van der Waals surface area (Å²) in [6.07, 6.45) is 3.41. The zero-order valence-corrected chi connectivity index (χ0v) is 11.3. The quantitative estimate of drug-likeness (QED) is 0.839. The molecule has 1 heterocycles. The van der Waals surface area contributed by atoms with Crippen molar-refractivity contribution in [1.29, 1.82) is 0 Å². The lowest BCUT2D eigenvalue weighted by molar-refractivity contribution is 0.153. The summed E-state index contributed by atoms with van der Waals surface area (Å²) < 4.78 is 11.3. The summed E-state index contributed by atoms with van der Waals surface area (Å²) in [4.78, 5) is 1.21. The summed E-state index contributed by atoms with van der Waals surface area (Å²) in [6, 6.07) is 11.5. The third-order valence-electron chi connectivity index (χ3n) is 2.62. The fraction of sp³-hybridized carbons (Fsp3) is 0.286. The van der Waals surface area contributed by atoms with E-state index in [4.69, 9.17) is 14.9 Å². The lowest BCUT2D eigenvalue weighted by atomic mass is 10.1. The average molecular weight is 263 g/mol. The Balaban J connectivity index is 2.13. The van der Waals surface area contributed by atoms with Gasteiger partial charge in [0.1, 0.15) is 11.5 Å². The van der Waals surface area contributed by atoms with Crippen molar-refractivity contribution in [2.45, 2.75) is 24.0 Å². The average Bonchev–Trinajstić information content (AvgIpc) is 2.90. The van der Waals surface area contributed by atoms with Crippen molar-refractivity contribution in [3.05, 3.63) is 48.4 Å². The SMILES string of the molecule is CSc1ccc(OC(c2ccco2)C(C)N)cc1. The lowest BCUT2D eigenvalue weighted by Gasteiger charge is -2.20. The predicted octanol–water partition coefficient (Wildman–Crippen LogP) is 3.47. The predicted molar refractivity (Wildman–Crippen MR) is 73.9 cm³/mol. The molecule has 96 valence electrons. The first kappa shape index (κ1) is 13.1. The van der Waals surface area contributed by atoms with Crippen LogP contribution in [0.4, 0.5) is 0 Å². The fourth-order valence-corrected chi connectivity index (χ4v) is 2.09. The van der Waals surface area contributed by atoms with Gasteiger partial charge in [0.2, 0.25) is 0 Å². The Kier molecular flexibility index (Phi) is 4.33. The van der Waals surface area contributed by atoms with E-state index in [2.05, 4.69) is 0 Å². The smallest absolute Gasteiger partial charge is 0.171 e. The molecular formula is C14H17NO2S. The van der Waals surface area contributed by atoms with Gasteiger partial charge in [-0.3, -0.25) is 0 Å². The third-order valence-corrected chi connectivity index (χ3v) is 3.37. The molecule has 0 spiro atoms. The highest BCUT2D eigenvalue weighted by Gasteiger charge is 2.20. The topological polar surface area (TPSA) is 48.4 Å². The van der Waals surface area contributed by atoms with E-state index >= 15 is 0 Å². The maximum absolute atomic E-state index is 5.94. The van der Waals surface area contributed by atoms with Gasteiger partial charge in [0, 0.05) is 10.9 Å². The van der Waals surface area contributed by atoms with E-state index in [0.29, 0.717) is 0 Å². The zero-order chi connectivity index (χ0) is 13.0. The largest absolute Gasteiger partial charge is 0.481 e. The summed E-state index contributed by atoms with van der Waals surface area (Å²) in [6.45, 7) is 1.91. The van der Waals surface area contributed by atoms with Crippen LogP contribution in [0.2, 0.25) is 0 Å². The molecule has 3 nitrogen and oxygen atoms in total.